The van der Waals surface area contributed by atoms with Crippen LogP contribution in [-0.4, -0.2) is 25.1 Å². The van der Waals surface area contributed by atoms with Crippen molar-refractivity contribution in [1.29, 1.82) is 0 Å². The molecule has 0 aliphatic carbocycles. The number of hydrogen-bond donors (Lipinski definition) is 1. The van der Waals surface area contributed by atoms with Crippen LogP contribution in [0, 0.1) is 0 Å². The molecule has 0 bridgehead atoms. The van der Waals surface area contributed by atoms with Crippen LogP contribution in [0.25, 0.3) is 17.0 Å². The standard InChI is InChI=1S/C20H18N2O3/c1-24-16-9-10-18(25-2)17(13-16)22-19(23)11-8-15-6-3-5-14-7-4-12-21-20(14)15/h3-13H,1-2H3,(H,22,23)/b11-8+. The lowest BCUT2D eigenvalue weighted by Gasteiger charge is -2.10. The Kier molecular flexibility index (Phi) is 4.95. The van der Waals surface area contributed by atoms with E-state index in [9.17, 15) is 4.79 Å². The molecule has 0 fully saturated rings. The summed E-state index contributed by atoms with van der Waals surface area (Å²) >= 11 is 0. The van der Waals surface area contributed by atoms with Crippen LogP contribution in [0.3, 0.4) is 0 Å². The first-order chi connectivity index (χ1) is 12.2. The lowest BCUT2D eigenvalue weighted by molar-refractivity contribution is -0.111. The Morgan fingerprint density at radius 2 is 1.92 bits per heavy atom. The highest BCUT2D eigenvalue weighted by Crippen LogP contribution is 2.29. The molecule has 2 aromatic carbocycles. The quantitative estimate of drug-likeness (QED) is 0.719. The summed E-state index contributed by atoms with van der Waals surface area (Å²) in [5.41, 5.74) is 2.28. The number of ether oxygens (including phenoxy) is 2. The van der Waals surface area contributed by atoms with Gasteiger partial charge < -0.3 is 14.8 Å². The number of carbonyl (C=O) groups is 1. The van der Waals surface area contributed by atoms with E-state index >= 15 is 0 Å². The Hall–Kier alpha value is -3.34. The number of hydrogen-bond acceptors (Lipinski definition) is 4. The zero-order valence-electron chi connectivity index (χ0n) is 14.0. The monoisotopic (exact) mass is 334 g/mol. The first kappa shape index (κ1) is 16.5. The van der Waals surface area contributed by atoms with E-state index in [0.29, 0.717) is 17.2 Å². The fourth-order valence-corrected chi connectivity index (χ4v) is 2.51. The fraction of sp³-hybridized carbons (Fsp3) is 0.100. The highest BCUT2D eigenvalue weighted by molar-refractivity contribution is 6.04. The van der Waals surface area contributed by atoms with Crippen molar-refractivity contribution in [2.75, 3.05) is 19.5 Å². The summed E-state index contributed by atoms with van der Waals surface area (Å²) in [5, 5.41) is 3.83. The van der Waals surface area contributed by atoms with Gasteiger partial charge in [-0.25, -0.2) is 0 Å². The molecule has 0 spiro atoms. The van der Waals surface area contributed by atoms with Crippen molar-refractivity contribution in [2.24, 2.45) is 0 Å². The second-order valence-electron chi connectivity index (χ2n) is 5.31. The van der Waals surface area contributed by atoms with E-state index < -0.39 is 0 Å². The zero-order valence-corrected chi connectivity index (χ0v) is 14.0. The second-order valence-corrected chi connectivity index (χ2v) is 5.31. The number of rotatable bonds is 5. The van der Waals surface area contributed by atoms with Crippen LogP contribution in [0.15, 0.2) is 60.8 Å². The van der Waals surface area contributed by atoms with E-state index in [1.54, 1.807) is 44.7 Å². The number of anilines is 1. The lowest BCUT2D eigenvalue weighted by atomic mass is 10.1. The van der Waals surface area contributed by atoms with Gasteiger partial charge in [0.2, 0.25) is 5.91 Å². The predicted molar refractivity (Wildman–Crippen MR) is 99.0 cm³/mol. The Bertz CT molecular complexity index is 930. The van der Waals surface area contributed by atoms with Crippen LogP contribution in [0.5, 0.6) is 11.5 Å². The molecule has 25 heavy (non-hydrogen) atoms. The van der Waals surface area contributed by atoms with Gasteiger partial charge in [0.15, 0.2) is 0 Å². The minimum atomic E-state index is -0.264. The number of nitrogens with one attached hydrogen (secondary N) is 1. The molecule has 1 N–H and O–H groups in total. The molecule has 0 atom stereocenters. The van der Waals surface area contributed by atoms with Gasteiger partial charge in [0.05, 0.1) is 25.4 Å². The Balaban J connectivity index is 1.81. The van der Waals surface area contributed by atoms with Crippen molar-refractivity contribution >= 4 is 28.6 Å². The average molecular weight is 334 g/mol. The molecule has 3 aromatic rings. The van der Waals surface area contributed by atoms with Crippen LogP contribution in [0.1, 0.15) is 5.56 Å². The number of para-hydroxylation sites is 1. The molecular formula is C20H18N2O3. The summed E-state index contributed by atoms with van der Waals surface area (Å²) in [5.74, 6) is 0.937. The maximum atomic E-state index is 12.3. The molecule has 5 heteroatoms. The average Bonchev–Trinajstić information content (AvgIpc) is 2.66. The molecule has 3 rings (SSSR count). The van der Waals surface area contributed by atoms with Crippen LogP contribution in [-0.2, 0) is 4.79 Å². The highest BCUT2D eigenvalue weighted by Gasteiger charge is 2.07. The first-order valence-electron chi connectivity index (χ1n) is 7.76. The Labute approximate surface area is 145 Å². The van der Waals surface area contributed by atoms with Crippen molar-refractivity contribution in [1.82, 2.24) is 4.98 Å². The van der Waals surface area contributed by atoms with E-state index in [2.05, 4.69) is 10.3 Å². The van der Waals surface area contributed by atoms with Gasteiger partial charge in [-0.1, -0.05) is 24.3 Å². The van der Waals surface area contributed by atoms with E-state index in [-0.39, 0.29) is 5.91 Å². The van der Waals surface area contributed by atoms with E-state index in [0.717, 1.165) is 16.5 Å². The van der Waals surface area contributed by atoms with Crippen LogP contribution >= 0.6 is 0 Å². The van der Waals surface area contributed by atoms with Crippen molar-refractivity contribution in [3.8, 4) is 11.5 Å². The third-order valence-electron chi connectivity index (χ3n) is 3.74. The highest BCUT2D eigenvalue weighted by atomic mass is 16.5. The number of aromatic nitrogens is 1. The summed E-state index contributed by atoms with van der Waals surface area (Å²) < 4.78 is 10.4. The molecule has 1 amide bonds. The number of nitrogens with zero attached hydrogens (tertiary/aromatic N) is 1. The minimum absolute atomic E-state index is 0.264. The van der Waals surface area contributed by atoms with Crippen molar-refractivity contribution in [3.63, 3.8) is 0 Å². The number of benzene rings is 2. The number of methoxy groups -OCH3 is 2. The predicted octanol–water partition coefficient (Wildman–Crippen LogP) is 3.90. The molecule has 0 saturated heterocycles. The van der Waals surface area contributed by atoms with Gasteiger partial charge in [-0.2, -0.15) is 0 Å². The lowest BCUT2D eigenvalue weighted by Crippen LogP contribution is -2.09. The van der Waals surface area contributed by atoms with Crippen LogP contribution in [0.4, 0.5) is 5.69 Å². The van der Waals surface area contributed by atoms with Crippen LogP contribution < -0.4 is 14.8 Å². The normalized spacial score (nSPS) is 10.8. The largest absolute Gasteiger partial charge is 0.497 e. The Morgan fingerprint density at radius 1 is 1.08 bits per heavy atom. The van der Waals surface area contributed by atoms with Gasteiger partial charge in [0.25, 0.3) is 0 Å². The molecular weight excluding hydrogens is 316 g/mol. The summed E-state index contributed by atoms with van der Waals surface area (Å²) in [7, 11) is 3.12. The minimum Gasteiger partial charge on any atom is -0.497 e. The smallest absolute Gasteiger partial charge is 0.248 e. The SMILES string of the molecule is COc1ccc(OC)c(NC(=O)/C=C/c2cccc3cccnc23)c1. The summed E-state index contributed by atoms with van der Waals surface area (Å²) in [4.78, 5) is 16.6. The van der Waals surface area contributed by atoms with Gasteiger partial charge in [0, 0.05) is 29.3 Å². The topological polar surface area (TPSA) is 60.5 Å². The number of fused-ring (bicyclic) bond motifs is 1. The maximum Gasteiger partial charge on any atom is 0.248 e. The van der Waals surface area contributed by atoms with Crippen molar-refractivity contribution in [3.05, 3.63) is 66.4 Å². The molecule has 0 radical (unpaired) electrons. The van der Waals surface area contributed by atoms with Crippen molar-refractivity contribution in [2.45, 2.75) is 0 Å². The molecule has 126 valence electrons. The maximum absolute atomic E-state index is 12.3. The first-order valence-corrected chi connectivity index (χ1v) is 7.76. The molecule has 1 aromatic heterocycles. The molecule has 0 aliphatic rings. The third kappa shape index (κ3) is 3.77. The molecule has 5 nitrogen and oxygen atoms in total. The number of amides is 1. The van der Waals surface area contributed by atoms with Gasteiger partial charge in [-0.05, 0) is 24.3 Å². The molecule has 0 aliphatic heterocycles. The van der Waals surface area contributed by atoms with Crippen LogP contribution in [0.2, 0.25) is 0 Å². The molecule has 0 saturated carbocycles. The van der Waals surface area contributed by atoms with Crippen molar-refractivity contribution < 1.29 is 14.3 Å². The third-order valence-corrected chi connectivity index (χ3v) is 3.74. The van der Waals surface area contributed by atoms with E-state index in [4.69, 9.17) is 9.47 Å². The summed E-state index contributed by atoms with van der Waals surface area (Å²) in [6, 6.07) is 14.9. The molecule has 0 unspecified atom stereocenters. The number of carbonyl (C=O) groups excluding carboxylic acids is 1. The van der Waals surface area contributed by atoms with E-state index in [1.165, 1.54) is 6.08 Å². The van der Waals surface area contributed by atoms with Gasteiger partial charge >= 0.3 is 0 Å². The van der Waals surface area contributed by atoms with E-state index in [1.807, 2.05) is 30.3 Å². The number of pyridine rings is 1. The van der Waals surface area contributed by atoms with Gasteiger partial charge in [-0.3, -0.25) is 9.78 Å². The molecule has 1 heterocycles. The second kappa shape index (κ2) is 7.49. The van der Waals surface area contributed by atoms with Gasteiger partial charge in [-0.15, -0.1) is 0 Å². The van der Waals surface area contributed by atoms with Gasteiger partial charge in [0.1, 0.15) is 11.5 Å². The fourth-order valence-electron chi connectivity index (χ4n) is 2.51. The summed E-state index contributed by atoms with van der Waals surface area (Å²) in [6.07, 6.45) is 4.96. The summed E-state index contributed by atoms with van der Waals surface area (Å²) in [6.45, 7) is 0. The Morgan fingerprint density at radius 3 is 2.72 bits per heavy atom. The zero-order chi connectivity index (χ0) is 17.6.